The molecule has 0 atom stereocenters. The van der Waals surface area contributed by atoms with Crippen LogP contribution in [-0.2, 0) is 4.74 Å². The molecule has 0 saturated carbocycles. The van der Waals surface area contributed by atoms with E-state index in [1.54, 1.807) is 13.0 Å². The van der Waals surface area contributed by atoms with Crippen LogP contribution in [0.3, 0.4) is 0 Å². The van der Waals surface area contributed by atoms with Gasteiger partial charge >= 0.3 is 5.97 Å². The fraction of sp³-hybridized carbons (Fsp3) is 0.154. The van der Waals surface area contributed by atoms with Gasteiger partial charge in [0, 0.05) is 6.20 Å². The molecule has 3 rings (SSSR count). The van der Waals surface area contributed by atoms with Crippen molar-refractivity contribution in [3.63, 3.8) is 0 Å². The molecule has 3 heterocycles. The zero-order valence-corrected chi connectivity index (χ0v) is 11.6. The van der Waals surface area contributed by atoms with Crippen molar-refractivity contribution >= 4 is 28.7 Å². The second-order valence-electron chi connectivity index (χ2n) is 4.33. The van der Waals surface area contributed by atoms with Gasteiger partial charge in [-0.05, 0) is 13.0 Å². The summed E-state index contributed by atoms with van der Waals surface area (Å²) in [6, 6.07) is 1.62. The first-order chi connectivity index (χ1) is 10.7. The maximum atomic E-state index is 12.2. The molecular weight excluding hydrogens is 288 g/mol. The molecule has 22 heavy (non-hydrogen) atoms. The highest BCUT2D eigenvalue weighted by atomic mass is 16.5. The topological polar surface area (TPSA) is 126 Å². The number of H-pyrrole nitrogens is 2. The zero-order valence-electron chi connectivity index (χ0n) is 11.6. The number of anilines is 1. The van der Waals surface area contributed by atoms with Crippen LogP contribution < -0.4 is 5.32 Å². The number of rotatable bonds is 4. The molecule has 0 aliphatic rings. The Morgan fingerprint density at radius 3 is 3.00 bits per heavy atom. The Bertz CT molecular complexity index is 837. The summed E-state index contributed by atoms with van der Waals surface area (Å²) < 4.78 is 4.87. The lowest BCUT2D eigenvalue weighted by atomic mass is 10.2. The first kappa shape index (κ1) is 13.7. The average Bonchev–Trinajstić information content (AvgIpc) is 3.15. The number of esters is 1. The van der Waals surface area contributed by atoms with E-state index in [0.717, 1.165) is 0 Å². The zero-order chi connectivity index (χ0) is 15.5. The molecular formula is C13H12N6O3. The van der Waals surface area contributed by atoms with Crippen LogP contribution in [0.25, 0.3) is 11.2 Å². The Morgan fingerprint density at radius 2 is 2.18 bits per heavy atom. The van der Waals surface area contributed by atoms with Crippen molar-refractivity contribution in [2.24, 2.45) is 0 Å². The van der Waals surface area contributed by atoms with E-state index < -0.39 is 11.9 Å². The number of hydrogen-bond donors (Lipinski definition) is 3. The van der Waals surface area contributed by atoms with E-state index in [-0.39, 0.29) is 18.0 Å². The molecule has 3 aromatic heterocycles. The third-order valence-corrected chi connectivity index (χ3v) is 2.90. The molecule has 112 valence electrons. The second-order valence-corrected chi connectivity index (χ2v) is 4.33. The number of nitrogens with zero attached hydrogens (tertiary/aromatic N) is 3. The van der Waals surface area contributed by atoms with Gasteiger partial charge in [0.05, 0.1) is 35.9 Å². The molecule has 9 nitrogen and oxygen atoms in total. The smallest absolute Gasteiger partial charge is 0.358 e. The molecule has 0 radical (unpaired) electrons. The number of pyridine rings is 1. The fourth-order valence-corrected chi connectivity index (χ4v) is 1.89. The number of aromatic amines is 2. The van der Waals surface area contributed by atoms with E-state index >= 15 is 0 Å². The SMILES string of the molecule is CCOC(=O)c1[nH]ncc1NC(=O)c1cnc2nc[nH]c2c1. The minimum atomic E-state index is -0.586. The number of carbonyl (C=O) groups excluding carboxylic acids is 2. The summed E-state index contributed by atoms with van der Waals surface area (Å²) >= 11 is 0. The summed E-state index contributed by atoms with van der Waals surface area (Å²) in [5, 5.41) is 8.84. The van der Waals surface area contributed by atoms with Crippen molar-refractivity contribution in [3.8, 4) is 0 Å². The number of carbonyl (C=O) groups is 2. The van der Waals surface area contributed by atoms with E-state index in [9.17, 15) is 9.59 Å². The van der Waals surface area contributed by atoms with E-state index in [0.29, 0.717) is 16.7 Å². The van der Waals surface area contributed by atoms with Gasteiger partial charge in [-0.1, -0.05) is 0 Å². The molecule has 0 unspecified atom stereocenters. The highest BCUT2D eigenvalue weighted by Gasteiger charge is 2.18. The van der Waals surface area contributed by atoms with Gasteiger partial charge in [-0.25, -0.2) is 14.8 Å². The number of amides is 1. The molecule has 9 heteroatoms. The van der Waals surface area contributed by atoms with Crippen molar-refractivity contribution < 1.29 is 14.3 Å². The quantitative estimate of drug-likeness (QED) is 0.620. The average molecular weight is 300 g/mol. The summed E-state index contributed by atoms with van der Waals surface area (Å²) in [5.41, 5.74) is 1.82. The Balaban J connectivity index is 1.82. The fourth-order valence-electron chi connectivity index (χ4n) is 1.89. The largest absolute Gasteiger partial charge is 0.461 e. The Hall–Kier alpha value is -3.23. The van der Waals surface area contributed by atoms with Crippen molar-refractivity contribution in [2.75, 3.05) is 11.9 Å². The molecule has 3 N–H and O–H groups in total. The van der Waals surface area contributed by atoms with E-state index in [4.69, 9.17) is 4.74 Å². The lowest BCUT2D eigenvalue weighted by Gasteiger charge is -2.05. The van der Waals surface area contributed by atoms with Gasteiger partial charge in [-0.15, -0.1) is 0 Å². The monoisotopic (exact) mass is 300 g/mol. The van der Waals surface area contributed by atoms with Crippen molar-refractivity contribution in [1.29, 1.82) is 0 Å². The van der Waals surface area contributed by atoms with Crippen LogP contribution >= 0.6 is 0 Å². The highest BCUT2D eigenvalue weighted by Crippen LogP contribution is 2.15. The van der Waals surface area contributed by atoms with Crippen LogP contribution in [-0.4, -0.2) is 43.6 Å². The minimum Gasteiger partial charge on any atom is -0.461 e. The molecule has 3 aromatic rings. The minimum absolute atomic E-state index is 0.0887. The van der Waals surface area contributed by atoms with Crippen LogP contribution in [0.1, 0.15) is 27.8 Å². The predicted octanol–water partition coefficient (Wildman–Crippen LogP) is 1.11. The molecule has 0 bridgehead atoms. The molecule has 0 fully saturated rings. The predicted molar refractivity (Wildman–Crippen MR) is 76.4 cm³/mol. The van der Waals surface area contributed by atoms with Crippen LogP contribution in [0.5, 0.6) is 0 Å². The summed E-state index contributed by atoms with van der Waals surface area (Å²) in [7, 11) is 0. The second kappa shape index (κ2) is 5.64. The number of imidazole rings is 1. The number of aromatic nitrogens is 5. The molecule has 0 aliphatic carbocycles. The van der Waals surface area contributed by atoms with Gasteiger partial charge in [-0.2, -0.15) is 5.10 Å². The number of fused-ring (bicyclic) bond motifs is 1. The number of nitrogens with one attached hydrogen (secondary N) is 3. The summed E-state index contributed by atoms with van der Waals surface area (Å²) in [4.78, 5) is 34.9. The summed E-state index contributed by atoms with van der Waals surface area (Å²) in [5.74, 6) is -1.01. The first-order valence-electron chi connectivity index (χ1n) is 6.50. The maximum Gasteiger partial charge on any atom is 0.358 e. The Morgan fingerprint density at radius 1 is 1.32 bits per heavy atom. The van der Waals surface area contributed by atoms with Gasteiger partial charge in [0.1, 0.15) is 0 Å². The van der Waals surface area contributed by atoms with Crippen molar-refractivity contribution in [1.82, 2.24) is 25.1 Å². The molecule has 0 aliphatic heterocycles. The van der Waals surface area contributed by atoms with Gasteiger partial charge in [0.25, 0.3) is 5.91 Å². The first-order valence-corrected chi connectivity index (χ1v) is 6.50. The Labute approximate surface area is 124 Å². The normalized spacial score (nSPS) is 10.6. The van der Waals surface area contributed by atoms with Crippen LogP contribution in [0, 0.1) is 0 Å². The van der Waals surface area contributed by atoms with Crippen molar-refractivity contribution in [2.45, 2.75) is 6.92 Å². The molecule has 0 aromatic carbocycles. The van der Waals surface area contributed by atoms with Crippen LogP contribution in [0.15, 0.2) is 24.8 Å². The lowest BCUT2D eigenvalue weighted by molar-refractivity contribution is 0.0520. The van der Waals surface area contributed by atoms with E-state index in [2.05, 4.69) is 30.5 Å². The number of hydrogen-bond acceptors (Lipinski definition) is 6. The highest BCUT2D eigenvalue weighted by molar-refractivity contribution is 6.08. The lowest BCUT2D eigenvalue weighted by Crippen LogP contribution is -2.15. The van der Waals surface area contributed by atoms with Gasteiger partial charge in [0.15, 0.2) is 11.3 Å². The molecule has 1 amide bonds. The molecule has 0 spiro atoms. The van der Waals surface area contributed by atoms with Crippen LogP contribution in [0.4, 0.5) is 5.69 Å². The van der Waals surface area contributed by atoms with Gasteiger partial charge in [0.2, 0.25) is 0 Å². The third kappa shape index (κ3) is 2.51. The van der Waals surface area contributed by atoms with E-state index in [1.807, 2.05) is 0 Å². The van der Waals surface area contributed by atoms with Crippen LogP contribution in [0.2, 0.25) is 0 Å². The standard InChI is InChI=1S/C13H12N6O3/c1-2-22-13(21)10-9(5-17-19-10)18-12(20)7-3-8-11(14-4-7)16-6-15-8/h3-6H,2H2,1H3,(H,17,19)(H,18,20)(H,14,15,16). The third-order valence-electron chi connectivity index (χ3n) is 2.90. The van der Waals surface area contributed by atoms with E-state index in [1.165, 1.54) is 18.7 Å². The van der Waals surface area contributed by atoms with Gasteiger partial charge in [-0.3, -0.25) is 9.89 Å². The Kier molecular flexibility index (Phi) is 3.52. The molecule has 0 saturated heterocycles. The van der Waals surface area contributed by atoms with Gasteiger partial charge < -0.3 is 15.0 Å². The summed E-state index contributed by atoms with van der Waals surface area (Å²) in [6.07, 6.45) is 4.24. The number of ether oxygens (including phenoxy) is 1. The van der Waals surface area contributed by atoms with Crippen molar-refractivity contribution in [3.05, 3.63) is 36.0 Å². The maximum absolute atomic E-state index is 12.2. The summed E-state index contributed by atoms with van der Waals surface area (Å²) in [6.45, 7) is 1.92.